The van der Waals surface area contributed by atoms with Gasteiger partial charge in [-0.2, -0.15) is 4.68 Å². The lowest BCUT2D eigenvalue weighted by Crippen LogP contribution is -2.03. The highest BCUT2D eigenvalue weighted by molar-refractivity contribution is 7.12. The van der Waals surface area contributed by atoms with Crippen molar-refractivity contribution >= 4 is 22.9 Å². The van der Waals surface area contributed by atoms with Gasteiger partial charge in [-0.15, -0.1) is 11.3 Å². The van der Waals surface area contributed by atoms with Crippen LogP contribution in [-0.4, -0.2) is 20.5 Å². The van der Waals surface area contributed by atoms with E-state index in [-0.39, 0.29) is 11.6 Å². The third kappa shape index (κ3) is 3.01. The number of nitrogens with zero attached hydrogens (tertiary/aromatic N) is 3. The summed E-state index contributed by atoms with van der Waals surface area (Å²) in [6.45, 7) is 0.505. The molecule has 94 valence electrons. The first-order valence-electron chi connectivity index (χ1n) is 5.41. The van der Waals surface area contributed by atoms with E-state index >= 15 is 0 Å². The average molecular weight is 265 g/mol. The molecular formula is C11H11N3O3S. The van der Waals surface area contributed by atoms with Crippen LogP contribution in [0.3, 0.4) is 0 Å². The molecule has 0 unspecified atom stereocenters. The second-order valence-electron chi connectivity index (χ2n) is 3.70. The first-order valence-corrected chi connectivity index (χ1v) is 6.29. The molecule has 0 amide bonds. The number of rotatable bonds is 6. The molecule has 0 aliphatic rings. The van der Waals surface area contributed by atoms with E-state index < -0.39 is 4.92 Å². The topological polar surface area (TPSA) is 78.0 Å². The van der Waals surface area contributed by atoms with Crippen LogP contribution < -0.4 is 0 Å². The van der Waals surface area contributed by atoms with Gasteiger partial charge in [-0.1, -0.05) is 6.07 Å². The molecule has 0 saturated heterocycles. The Hall–Kier alpha value is -2.02. The van der Waals surface area contributed by atoms with Crippen molar-refractivity contribution in [2.45, 2.75) is 19.4 Å². The molecule has 2 heterocycles. The van der Waals surface area contributed by atoms with Crippen LogP contribution in [0.2, 0.25) is 0 Å². The molecule has 0 radical (unpaired) electrons. The summed E-state index contributed by atoms with van der Waals surface area (Å²) in [5, 5.41) is 16.1. The van der Waals surface area contributed by atoms with E-state index in [4.69, 9.17) is 0 Å². The van der Waals surface area contributed by atoms with Crippen molar-refractivity contribution in [3.8, 4) is 0 Å². The number of nitro groups is 1. The number of thiophene rings is 1. The van der Waals surface area contributed by atoms with Crippen molar-refractivity contribution in [3.05, 3.63) is 44.8 Å². The molecule has 0 spiro atoms. The van der Waals surface area contributed by atoms with Gasteiger partial charge in [0.15, 0.2) is 5.78 Å². The SMILES string of the molecule is O=C(CCCn1ccc([N+](=O)[O-])n1)c1cccs1. The van der Waals surface area contributed by atoms with Gasteiger partial charge in [-0.3, -0.25) is 4.79 Å². The summed E-state index contributed by atoms with van der Waals surface area (Å²) < 4.78 is 1.49. The Labute approximate surface area is 107 Å². The van der Waals surface area contributed by atoms with Crippen LogP contribution in [-0.2, 0) is 6.54 Å². The molecule has 0 aliphatic heterocycles. The van der Waals surface area contributed by atoms with E-state index in [0.29, 0.717) is 19.4 Å². The van der Waals surface area contributed by atoms with Crippen molar-refractivity contribution in [2.24, 2.45) is 0 Å². The minimum atomic E-state index is -0.534. The normalized spacial score (nSPS) is 10.4. The number of aryl methyl sites for hydroxylation is 1. The Kier molecular flexibility index (Phi) is 3.83. The first-order chi connectivity index (χ1) is 8.66. The summed E-state index contributed by atoms with van der Waals surface area (Å²) in [7, 11) is 0. The van der Waals surface area contributed by atoms with E-state index in [9.17, 15) is 14.9 Å². The van der Waals surface area contributed by atoms with Gasteiger partial charge in [-0.05, 0) is 22.8 Å². The molecule has 6 nitrogen and oxygen atoms in total. The van der Waals surface area contributed by atoms with Crippen LogP contribution in [0.4, 0.5) is 5.82 Å². The summed E-state index contributed by atoms with van der Waals surface area (Å²) in [5.74, 6) is -0.0637. The maximum absolute atomic E-state index is 11.7. The number of Topliss-reactive ketones (excluding diaryl/α,β-unsaturated/α-hetero) is 1. The lowest BCUT2D eigenvalue weighted by atomic mass is 10.2. The molecule has 18 heavy (non-hydrogen) atoms. The lowest BCUT2D eigenvalue weighted by molar-refractivity contribution is -0.389. The highest BCUT2D eigenvalue weighted by atomic mass is 32.1. The predicted molar refractivity (Wildman–Crippen MR) is 66.8 cm³/mol. The molecule has 2 rings (SSSR count). The predicted octanol–water partition coefficient (Wildman–Crippen LogP) is 2.52. The van der Waals surface area contributed by atoms with Gasteiger partial charge in [0.1, 0.15) is 0 Å². The Balaban J connectivity index is 1.81. The second kappa shape index (κ2) is 5.54. The van der Waals surface area contributed by atoms with Crippen LogP contribution in [0.25, 0.3) is 0 Å². The smallest absolute Gasteiger partial charge is 0.358 e. The van der Waals surface area contributed by atoms with E-state index in [1.807, 2.05) is 11.4 Å². The summed E-state index contributed by atoms with van der Waals surface area (Å²) in [5.41, 5.74) is 0. The Morgan fingerprint density at radius 3 is 2.94 bits per heavy atom. The summed E-state index contributed by atoms with van der Waals surface area (Å²) >= 11 is 1.42. The summed E-state index contributed by atoms with van der Waals surface area (Å²) in [6, 6.07) is 4.99. The number of ketones is 1. The summed E-state index contributed by atoms with van der Waals surface area (Å²) in [4.78, 5) is 22.3. The monoisotopic (exact) mass is 265 g/mol. The van der Waals surface area contributed by atoms with Gasteiger partial charge in [-0.25, -0.2) is 0 Å². The van der Waals surface area contributed by atoms with Gasteiger partial charge in [0.25, 0.3) is 0 Å². The molecule has 0 atom stereocenters. The number of carbonyl (C=O) groups is 1. The first kappa shape index (κ1) is 12.4. The van der Waals surface area contributed by atoms with E-state index in [1.165, 1.54) is 22.1 Å². The highest BCUT2D eigenvalue weighted by Gasteiger charge is 2.11. The zero-order chi connectivity index (χ0) is 13.0. The van der Waals surface area contributed by atoms with Crippen LogP contribution >= 0.6 is 11.3 Å². The van der Waals surface area contributed by atoms with Crippen LogP contribution in [0, 0.1) is 10.1 Å². The number of hydrogen-bond acceptors (Lipinski definition) is 5. The fourth-order valence-corrected chi connectivity index (χ4v) is 2.23. The number of carbonyl (C=O) groups excluding carboxylic acids is 1. The fraction of sp³-hybridized carbons (Fsp3) is 0.273. The molecular weight excluding hydrogens is 254 g/mol. The maximum atomic E-state index is 11.7. The molecule has 0 aromatic carbocycles. The number of hydrogen-bond donors (Lipinski definition) is 0. The van der Waals surface area contributed by atoms with Gasteiger partial charge < -0.3 is 10.1 Å². The van der Waals surface area contributed by atoms with E-state index in [2.05, 4.69) is 5.10 Å². The molecule has 0 bridgehead atoms. The quantitative estimate of drug-likeness (QED) is 0.456. The van der Waals surface area contributed by atoms with Crippen molar-refractivity contribution in [1.82, 2.24) is 9.78 Å². The second-order valence-corrected chi connectivity index (χ2v) is 4.65. The third-order valence-corrected chi connectivity index (χ3v) is 3.31. The Bertz CT molecular complexity index is 548. The molecule has 7 heteroatoms. The zero-order valence-electron chi connectivity index (χ0n) is 9.48. The van der Waals surface area contributed by atoms with Crippen molar-refractivity contribution in [1.29, 1.82) is 0 Å². The zero-order valence-corrected chi connectivity index (χ0v) is 10.3. The molecule has 2 aromatic rings. The highest BCUT2D eigenvalue weighted by Crippen LogP contribution is 2.13. The van der Waals surface area contributed by atoms with Crippen LogP contribution in [0.5, 0.6) is 0 Å². The van der Waals surface area contributed by atoms with Crippen LogP contribution in [0.15, 0.2) is 29.8 Å². The Morgan fingerprint density at radius 2 is 2.33 bits per heavy atom. The minimum Gasteiger partial charge on any atom is -0.358 e. The van der Waals surface area contributed by atoms with E-state index in [0.717, 1.165) is 4.88 Å². The third-order valence-electron chi connectivity index (χ3n) is 2.40. The largest absolute Gasteiger partial charge is 0.389 e. The number of aromatic nitrogens is 2. The standard InChI is InChI=1S/C11H11N3O3S/c15-9(10-4-2-8-18-10)3-1-6-13-7-5-11(12-13)14(16)17/h2,4-5,7-8H,1,3,6H2. The fourth-order valence-electron chi connectivity index (χ4n) is 1.53. The van der Waals surface area contributed by atoms with Gasteiger partial charge >= 0.3 is 5.82 Å². The Morgan fingerprint density at radius 1 is 1.50 bits per heavy atom. The van der Waals surface area contributed by atoms with Crippen molar-refractivity contribution < 1.29 is 9.72 Å². The van der Waals surface area contributed by atoms with Crippen LogP contribution in [0.1, 0.15) is 22.5 Å². The van der Waals surface area contributed by atoms with Gasteiger partial charge in [0.05, 0.1) is 28.8 Å². The van der Waals surface area contributed by atoms with Gasteiger partial charge in [0, 0.05) is 6.42 Å². The molecule has 0 aliphatic carbocycles. The molecule has 0 saturated carbocycles. The molecule has 0 N–H and O–H groups in total. The van der Waals surface area contributed by atoms with Crippen molar-refractivity contribution in [2.75, 3.05) is 0 Å². The molecule has 0 fully saturated rings. The maximum Gasteiger partial charge on any atom is 0.389 e. The lowest BCUT2D eigenvalue weighted by Gasteiger charge is -1.97. The minimum absolute atomic E-state index is 0.103. The average Bonchev–Trinajstić information content (AvgIpc) is 3.00. The van der Waals surface area contributed by atoms with Gasteiger partial charge in [0.2, 0.25) is 0 Å². The summed E-state index contributed by atoms with van der Waals surface area (Å²) in [6.07, 6.45) is 2.59. The van der Waals surface area contributed by atoms with Crippen molar-refractivity contribution in [3.63, 3.8) is 0 Å². The molecule has 2 aromatic heterocycles. The van der Waals surface area contributed by atoms with E-state index in [1.54, 1.807) is 12.3 Å².